The summed E-state index contributed by atoms with van der Waals surface area (Å²) in [7, 11) is 0. The Labute approximate surface area is 88.9 Å². The lowest BCUT2D eigenvalue weighted by atomic mass is 10.00. The zero-order valence-corrected chi connectivity index (χ0v) is 9.22. The highest BCUT2D eigenvalue weighted by molar-refractivity contribution is 5.79. The molecule has 1 heterocycles. The van der Waals surface area contributed by atoms with Crippen LogP contribution in [0.3, 0.4) is 0 Å². The van der Waals surface area contributed by atoms with Crippen LogP contribution in [0.2, 0.25) is 0 Å². The van der Waals surface area contributed by atoms with Crippen LogP contribution in [0.4, 0.5) is 8.78 Å². The van der Waals surface area contributed by atoms with Gasteiger partial charge in [-0.1, -0.05) is 12.2 Å². The molecule has 1 amide bonds. The normalized spacial score (nSPS) is 20.3. The zero-order chi connectivity index (χ0) is 11.6. The SMILES string of the molecule is C=C1CCN(C(=O)[C@H](C)C(C)(F)F)CC1. The highest BCUT2D eigenvalue weighted by Crippen LogP contribution is 2.26. The second-order valence-corrected chi connectivity index (χ2v) is 4.25. The molecule has 1 fully saturated rings. The van der Waals surface area contributed by atoms with Gasteiger partial charge in [0, 0.05) is 20.0 Å². The van der Waals surface area contributed by atoms with Crippen LogP contribution in [-0.2, 0) is 4.79 Å². The molecule has 1 atom stereocenters. The summed E-state index contributed by atoms with van der Waals surface area (Å²) in [6.07, 6.45) is 1.46. The van der Waals surface area contributed by atoms with E-state index in [9.17, 15) is 13.6 Å². The molecule has 1 rings (SSSR count). The molecule has 2 nitrogen and oxygen atoms in total. The quantitative estimate of drug-likeness (QED) is 0.651. The average molecular weight is 217 g/mol. The van der Waals surface area contributed by atoms with E-state index >= 15 is 0 Å². The number of hydrogen-bond acceptors (Lipinski definition) is 1. The standard InChI is InChI=1S/C11H17F2NO/c1-8-4-6-14(7-5-8)10(15)9(2)11(3,12)13/h9H,1,4-7H2,2-3H3/t9-/m0/s1. The van der Waals surface area contributed by atoms with Crippen molar-refractivity contribution in [3.8, 4) is 0 Å². The van der Waals surface area contributed by atoms with Crippen molar-refractivity contribution in [1.29, 1.82) is 0 Å². The van der Waals surface area contributed by atoms with E-state index in [2.05, 4.69) is 6.58 Å². The van der Waals surface area contributed by atoms with Gasteiger partial charge in [-0.05, 0) is 19.8 Å². The molecule has 0 bridgehead atoms. The Hall–Kier alpha value is -0.930. The summed E-state index contributed by atoms with van der Waals surface area (Å²) in [4.78, 5) is 13.2. The summed E-state index contributed by atoms with van der Waals surface area (Å²) in [5.74, 6) is -4.62. The number of piperidine rings is 1. The van der Waals surface area contributed by atoms with Crippen LogP contribution >= 0.6 is 0 Å². The molecule has 0 aliphatic carbocycles. The third-order valence-corrected chi connectivity index (χ3v) is 2.91. The molecule has 4 heteroatoms. The minimum atomic E-state index is -2.94. The highest BCUT2D eigenvalue weighted by Gasteiger charge is 2.38. The molecule has 15 heavy (non-hydrogen) atoms. The lowest BCUT2D eigenvalue weighted by Crippen LogP contribution is -2.44. The molecular formula is C11H17F2NO. The molecule has 0 N–H and O–H groups in total. The lowest BCUT2D eigenvalue weighted by molar-refractivity contribution is -0.147. The van der Waals surface area contributed by atoms with Gasteiger partial charge in [0.15, 0.2) is 0 Å². The molecular weight excluding hydrogens is 200 g/mol. The first-order valence-corrected chi connectivity index (χ1v) is 5.15. The average Bonchev–Trinajstić information content (AvgIpc) is 2.15. The third kappa shape index (κ3) is 3.01. The maximum atomic E-state index is 12.9. The van der Waals surface area contributed by atoms with Crippen LogP contribution in [-0.4, -0.2) is 29.8 Å². The smallest absolute Gasteiger partial charge is 0.256 e. The van der Waals surface area contributed by atoms with Gasteiger partial charge in [-0.3, -0.25) is 4.79 Å². The van der Waals surface area contributed by atoms with E-state index in [1.165, 1.54) is 11.8 Å². The van der Waals surface area contributed by atoms with Crippen molar-refractivity contribution < 1.29 is 13.6 Å². The summed E-state index contributed by atoms with van der Waals surface area (Å²) in [5.41, 5.74) is 1.09. The van der Waals surface area contributed by atoms with Gasteiger partial charge in [0.1, 0.15) is 0 Å². The number of likely N-dealkylation sites (tertiary alicyclic amines) is 1. The highest BCUT2D eigenvalue weighted by atomic mass is 19.3. The van der Waals surface area contributed by atoms with E-state index in [-0.39, 0.29) is 0 Å². The van der Waals surface area contributed by atoms with Gasteiger partial charge in [-0.25, -0.2) is 8.78 Å². The fourth-order valence-electron chi connectivity index (χ4n) is 1.53. The Bertz CT molecular complexity index is 260. The van der Waals surface area contributed by atoms with Crippen LogP contribution < -0.4 is 0 Å². The maximum Gasteiger partial charge on any atom is 0.256 e. The van der Waals surface area contributed by atoms with Crippen molar-refractivity contribution in [2.75, 3.05) is 13.1 Å². The monoisotopic (exact) mass is 217 g/mol. The number of nitrogens with zero attached hydrogens (tertiary/aromatic N) is 1. The van der Waals surface area contributed by atoms with Gasteiger partial charge in [0.05, 0.1) is 5.92 Å². The minimum Gasteiger partial charge on any atom is -0.342 e. The zero-order valence-electron chi connectivity index (χ0n) is 9.22. The van der Waals surface area contributed by atoms with Gasteiger partial charge in [-0.2, -0.15) is 0 Å². The van der Waals surface area contributed by atoms with Crippen LogP contribution in [0.25, 0.3) is 0 Å². The van der Waals surface area contributed by atoms with Gasteiger partial charge in [0.2, 0.25) is 5.91 Å². The number of carbonyl (C=O) groups excluding carboxylic acids is 1. The Morgan fingerprint density at radius 2 is 1.93 bits per heavy atom. The second kappa shape index (κ2) is 4.29. The largest absolute Gasteiger partial charge is 0.342 e. The van der Waals surface area contributed by atoms with Crippen LogP contribution in [0.5, 0.6) is 0 Å². The number of halogens is 2. The Morgan fingerprint density at radius 1 is 1.47 bits per heavy atom. The second-order valence-electron chi connectivity index (χ2n) is 4.25. The third-order valence-electron chi connectivity index (χ3n) is 2.91. The molecule has 1 aliphatic rings. The summed E-state index contributed by atoms with van der Waals surface area (Å²) >= 11 is 0. The molecule has 0 aromatic carbocycles. The predicted octanol–water partition coefficient (Wildman–Crippen LogP) is 2.46. The number of carbonyl (C=O) groups is 1. The van der Waals surface area contributed by atoms with E-state index in [1.807, 2.05) is 0 Å². The summed E-state index contributed by atoms with van der Waals surface area (Å²) in [6.45, 7) is 6.94. The molecule has 0 saturated carbocycles. The van der Waals surface area contributed by atoms with Gasteiger partial charge < -0.3 is 4.90 Å². The van der Waals surface area contributed by atoms with Gasteiger partial charge in [-0.15, -0.1) is 0 Å². The number of rotatable bonds is 2. The molecule has 0 unspecified atom stereocenters. The van der Waals surface area contributed by atoms with Crippen molar-refractivity contribution >= 4 is 5.91 Å². The van der Waals surface area contributed by atoms with Crippen molar-refractivity contribution in [2.45, 2.75) is 32.6 Å². The summed E-state index contributed by atoms with van der Waals surface area (Å²) in [5, 5.41) is 0. The Morgan fingerprint density at radius 3 is 2.33 bits per heavy atom. The fourth-order valence-corrected chi connectivity index (χ4v) is 1.53. The summed E-state index contributed by atoms with van der Waals surface area (Å²) < 4.78 is 25.9. The Kier molecular flexibility index (Phi) is 3.47. The Balaban J connectivity index is 2.58. The van der Waals surface area contributed by atoms with E-state index in [0.29, 0.717) is 13.1 Å². The molecule has 0 radical (unpaired) electrons. The van der Waals surface area contributed by atoms with Crippen LogP contribution in [0.1, 0.15) is 26.7 Å². The molecule has 0 aromatic rings. The molecule has 0 aromatic heterocycles. The lowest BCUT2D eigenvalue weighted by Gasteiger charge is -2.31. The summed E-state index contributed by atoms with van der Waals surface area (Å²) in [6, 6.07) is 0. The van der Waals surface area contributed by atoms with Gasteiger partial charge in [0.25, 0.3) is 5.92 Å². The van der Waals surface area contributed by atoms with E-state index < -0.39 is 17.7 Å². The number of amides is 1. The number of hydrogen-bond donors (Lipinski definition) is 0. The molecule has 1 saturated heterocycles. The van der Waals surface area contributed by atoms with Crippen molar-refractivity contribution in [1.82, 2.24) is 4.90 Å². The molecule has 1 aliphatic heterocycles. The van der Waals surface area contributed by atoms with E-state index in [0.717, 1.165) is 25.3 Å². The number of alkyl halides is 2. The fraction of sp³-hybridized carbons (Fsp3) is 0.727. The predicted molar refractivity (Wildman–Crippen MR) is 54.7 cm³/mol. The van der Waals surface area contributed by atoms with Gasteiger partial charge >= 0.3 is 0 Å². The molecule has 86 valence electrons. The first kappa shape index (κ1) is 12.1. The van der Waals surface area contributed by atoms with Crippen molar-refractivity contribution in [3.05, 3.63) is 12.2 Å². The van der Waals surface area contributed by atoms with E-state index in [1.54, 1.807) is 0 Å². The van der Waals surface area contributed by atoms with Crippen molar-refractivity contribution in [3.63, 3.8) is 0 Å². The van der Waals surface area contributed by atoms with Crippen molar-refractivity contribution in [2.24, 2.45) is 5.92 Å². The van der Waals surface area contributed by atoms with Crippen LogP contribution in [0.15, 0.2) is 12.2 Å². The molecule has 0 spiro atoms. The van der Waals surface area contributed by atoms with E-state index in [4.69, 9.17) is 0 Å². The topological polar surface area (TPSA) is 20.3 Å². The minimum absolute atomic E-state index is 0.449. The maximum absolute atomic E-state index is 12.9. The first-order valence-electron chi connectivity index (χ1n) is 5.15. The van der Waals surface area contributed by atoms with Crippen LogP contribution in [0, 0.1) is 5.92 Å². The first-order chi connectivity index (χ1) is 6.82.